The molecule has 3 aromatic rings. The lowest BCUT2D eigenvalue weighted by atomic mass is 10.0. The zero-order valence-electron chi connectivity index (χ0n) is 15.0. The number of esters is 1. The third-order valence-corrected chi connectivity index (χ3v) is 4.02. The van der Waals surface area contributed by atoms with E-state index in [2.05, 4.69) is 10.3 Å². The van der Waals surface area contributed by atoms with Crippen molar-refractivity contribution >= 4 is 28.4 Å². The Kier molecular flexibility index (Phi) is 5.22. The number of anilines is 2. The lowest BCUT2D eigenvalue weighted by molar-refractivity contribution is -0.136. The summed E-state index contributed by atoms with van der Waals surface area (Å²) in [4.78, 5) is 16.5. The van der Waals surface area contributed by atoms with Gasteiger partial charge >= 0.3 is 12.1 Å². The molecule has 0 bridgehead atoms. The fourth-order valence-corrected chi connectivity index (χ4v) is 2.80. The van der Waals surface area contributed by atoms with Gasteiger partial charge in [-0.15, -0.1) is 0 Å². The van der Waals surface area contributed by atoms with Gasteiger partial charge in [0, 0.05) is 11.1 Å². The van der Waals surface area contributed by atoms with E-state index in [4.69, 9.17) is 4.74 Å². The molecule has 0 atom stereocenters. The number of alkyl halides is 3. The van der Waals surface area contributed by atoms with Gasteiger partial charge in [0.2, 0.25) is 0 Å². The summed E-state index contributed by atoms with van der Waals surface area (Å²) in [6, 6.07) is 9.66. The molecule has 0 fully saturated rings. The molecule has 1 aromatic heterocycles. The third-order valence-electron chi connectivity index (χ3n) is 4.02. The van der Waals surface area contributed by atoms with Crippen molar-refractivity contribution in [2.24, 2.45) is 0 Å². The average Bonchev–Trinajstić information content (AvgIpc) is 2.62. The van der Waals surface area contributed by atoms with Crippen LogP contribution in [-0.4, -0.2) is 17.6 Å². The molecule has 4 nitrogen and oxygen atoms in total. The zero-order valence-corrected chi connectivity index (χ0v) is 15.0. The Labute approximate surface area is 158 Å². The molecule has 2 aromatic carbocycles. The molecule has 0 saturated heterocycles. The number of nitrogens with zero attached hydrogens (tertiary/aromatic N) is 1. The Morgan fingerprint density at radius 2 is 1.82 bits per heavy atom. The van der Waals surface area contributed by atoms with Crippen LogP contribution < -0.4 is 5.32 Å². The molecular weight excluding hydrogens is 376 g/mol. The van der Waals surface area contributed by atoms with Crippen LogP contribution in [0, 0.1) is 12.7 Å². The van der Waals surface area contributed by atoms with Gasteiger partial charge in [-0.1, -0.05) is 17.7 Å². The van der Waals surface area contributed by atoms with E-state index in [1.807, 2.05) is 6.92 Å². The molecule has 0 radical (unpaired) electrons. The van der Waals surface area contributed by atoms with Crippen molar-refractivity contribution in [2.45, 2.75) is 20.0 Å². The number of fused-ring (bicyclic) bond motifs is 1. The molecule has 0 aliphatic rings. The van der Waals surface area contributed by atoms with Gasteiger partial charge < -0.3 is 10.1 Å². The van der Waals surface area contributed by atoms with E-state index >= 15 is 0 Å². The van der Waals surface area contributed by atoms with E-state index in [1.54, 1.807) is 24.3 Å². The average molecular weight is 392 g/mol. The molecular formula is C20H16F4N2O2. The summed E-state index contributed by atoms with van der Waals surface area (Å²) in [6.07, 6.45) is -4.93. The van der Waals surface area contributed by atoms with Crippen molar-refractivity contribution in [2.75, 3.05) is 11.9 Å². The van der Waals surface area contributed by atoms with Crippen molar-refractivity contribution in [3.8, 4) is 0 Å². The predicted molar refractivity (Wildman–Crippen MR) is 97.1 cm³/mol. The number of hydrogen-bond acceptors (Lipinski definition) is 4. The summed E-state index contributed by atoms with van der Waals surface area (Å²) >= 11 is 0. The maximum absolute atomic E-state index is 13.9. The molecule has 146 valence electrons. The van der Waals surface area contributed by atoms with Crippen LogP contribution in [-0.2, 0) is 10.9 Å². The number of ether oxygens (including phenoxy) is 1. The summed E-state index contributed by atoms with van der Waals surface area (Å²) < 4.78 is 60.2. The fourth-order valence-electron chi connectivity index (χ4n) is 2.80. The zero-order chi connectivity index (χ0) is 20.5. The SMILES string of the molecule is CCOC(=O)c1c(Nc2ccc(C)cc2)nc2ccc(F)cc2c1C(F)(F)F. The molecule has 0 saturated carbocycles. The maximum atomic E-state index is 13.9. The van der Waals surface area contributed by atoms with Crippen LogP contribution in [0.2, 0.25) is 0 Å². The summed E-state index contributed by atoms with van der Waals surface area (Å²) in [5.74, 6) is -2.37. The second-order valence-electron chi connectivity index (χ2n) is 6.08. The fraction of sp³-hybridized carbons (Fsp3) is 0.200. The van der Waals surface area contributed by atoms with Crippen LogP contribution in [0.4, 0.5) is 29.1 Å². The monoisotopic (exact) mass is 392 g/mol. The van der Waals surface area contributed by atoms with Crippen LogP contribution >= 0.6 is 0 Å². The van der Waals surface area contributed by atoms with E-state index in [1.165, 1.54) is 6.92 Å². The summed E-state index contributed by atoms with van der Waals surface area (Å²) in [6.45, 7) is 3.21. The molecule has 0 aliphatic heterocycles. The van der Waals surface area contributed by atoms with Gasteiger partial charge in [-0.25, -0.2) is 14.2 Å². The van der Waals surface area contributed by atoms with Crippen LogP contribution in [0.25, 0.3) is 10.9 Å². The number of benzene rings is 2. The van der Waals surface area contributed by atoms with E-state index in [-0.39, 0.29) is 17.9 Å². The van der Waals surface area contributed by atoms with Gasteiger partial charge in [0.25, 0.3) is 0 Å². The number of carbonyl (C=O) groups excluding carboxylic acids is 1. The quantitative estimate of drug-likeness (QED) is 0.462. The van der Waals surface area contributed by atoms with Crippen molar-refractivity contribution < 1.29 is 27.1 Å². The number of aromatic nitrogens is 1. The van der Waals surface area contributed by atoms with Gasteiger partial charge in [0.05, 0.1) is 17.7 Å². The van der Waals surface area contributed by atoms with E-state index < -0.39 is 34.5 Å². The summed E-state index contributed by atoms with van der Waals surface area (Å²) in [5, 5.41) is 2.24. The number of pyridine rings is 1. The Hall–Kier alpha value is -3.16. The van der Waals surface area contributed by atoms with Gasteiger partial charge in [-0.05, 0) is 44.2 Å². The van der Waals surface area contributed by atoms with Crippen molar-refractivity contribution in [1.29, 1.82) is 0 Å². The minimum atomic E-state index is -4.93. The molecule has 0 unspecified atom stereocenters. The second kappa shape index (κ2) is 7.46. The first-order valence-electron chi connectivity index (χ1n) is 8.42. The van der Waals surface area contributed by atoms with Gasteiger partial charge in [0.1, 0.15) is 17.2 Å². The first-order valence-corrected chi connectivity index (χ1v) is 8.42. The van der Waals surface area contributed by atoms with Crippen LogP contribution in [0.15, 0.2) is 42.5 Å². The van der Waals surface area contributed by atoms with E-state index in [9.17, 15) is 22.4 Å². The standard InChI is InChI=1S/C20H16F4N2O2/c1-3-28-19(27)16-17(20(22,23)24)14-10-12(21)6-9-15(14)26-18(16)25-13-7-4-11(2)5-8-13/h4-10H,3H2,1-2H3,(H,25,26). The van der Waals surface area contributed by atoms with Crippen LogP contribution in [0.5, 0.6) is 0 Å². The first-order chi connectivity index (χ1) is 13.2. The van der Waals surface area contributed by atoms with Gasteiger partial charge in [-0.3, -0.25) is 0 Å². The Balaban J connectivity index is 2.31. The number of nitrogens with one attached hydrogen (secondary N) is 1. The van der Waals surface area contributed by atoms with Crippen molar-refractivity contribution in [1.82, 2.24) is 4.98 Å². The van der Waals surface area contributed by atoms with Gasteiger partial charge in [-0.2, -0.15) is 13.2 Å². The number of carbonyl (C=O) groups is 1. The molecule has 8 heteroatoms. The Morgan fingerprint density at radius 3 is 2.43 bits per heavy atom. The maximum Gasteiger partial charge on any atom is 0.418 e. The summed E-state index contributed by atoms with van der Waals surface area (Å²) in [5.41, 5.74) is -0.776. The lowest BCUT2D eigenvalue weighted by Crippen LogP contribution is -2.19. The molecule has 0 aliphatic carbocycles. The first kappa shape index (κ1) is 19.6. The highest BCUT2D eigenvalue weighted by Gasteiger charge is 2.40. The van der Waals surface area contributed by atoms with E-state index in [0.717, 1.165) is 17.7 Å². The molecule has 0 amide bonds. The molecule has 3 rings (SSSR count). The van der Waals surface area contributed by atoms with Crippen molar-refractivity contribution in [3.63, 3.8) is 0 Å². The lowest BCUT2D eigenvalue weighted by Gasteiger charge is -2.19. The van der Waals surface area contributed by atoms with Crippen LogP contribution in [0.3, 0.4) is 0 Å². The minimum absolute atomic E-state index is 0.101. The smallest absolute Gasteiger partial charge is 0.418 e. The highest BCUT2D eigenvalue weighted by atomic mass is 19.4. The normalized spacial score (nSPS) is 11.5. The molecule has 0 spiro atoms. The highest BCUT2D eigenvalue weighted by molar-refractivity contribution is 6.03. The number of aryl methyl sites for hydroxylation is 1. The van der Waals surface area contributed by atoms with Crippen LogP contribution in [0.1, 0.15) is 28.4 Å². The van der Waals surface area contributed by atoms with Gasteiger partial charge in [0.15, 0.2) is 0 Å². The highest BCUT2D eigenvalue weighted by Crippen LogP contribution is 2.40. The molecule has 1 N–H and O–H groups in total. The largest absolute Gasteiger partial charge is 0.462 e. The van der Waals surface area contributed by atoms with Crippen molar-refractivity contribution in [3.05, 3.63) is 65.0 Å². The topological polar surface area (TPSA) is 51.2 Å². The molecule has 1 heterocycles. The Morgan fingerprint density at radius 1 is 1.14 bits per heavy atom. The number of hydrogen-bond donors (Lipinski definition) is 1. The molecule has 28 heavy (non-hydrogen) atoms. The minimum Gasteiger partial charge on any atom is -0.462 e. The number of halogens is 4. The number of rotatable bonds is 4. The van der Waals surface area contributed by atoms with E-state index in [0.29, 0.717) is 11.8 Å². The Bertz CT molecular complexity index is 1030. The predicted octanol–water partition coefficient (Wildman–Crippen LogP) is 5.62. The third kappa shape index (κ3) is 3.90. The second-order valence-corrected chi connectivity index (χ2v) is 6.08. The summed E-state index contributed by atoms with van der Waals surface area (Å²) in [7, 11) is 0.